The molecule has 2 fully saturated rings. The van der Waals surface area contributed by atoms with Gasteiger partial charge in [0.15, 0.2) is 5.60 Å². The fourth-order valence-corrected chi connectivity index (χ4v) is 2.91. The highest BCUT2D eigenvalue weighted by atomic mass is 16.7. The number of carbonyl (C=O) groups is 1. The molecule has 0 saturated carbocycles. The molecule has 5 heteroatoms. The maximum Gasteiger partial charge on any atom is 0.271 e. The van der Waals surface area contributed by atoms with E-state index in [-0.39, 0.29) is 11.5 Å². The summed E-state index contributed by atoms with van der Waals surface area (Å²) in [6, 6.07) is 0. The van der Waals surface area contributed by atoms with Gasteiger partial charge >= 0.3 is 0 Å². The lowest BCUT2D eigenvalue weighted by Crippen LogP contribution is -2.46. The van der Waals surface area contributed by atoms with Crippen LogP contribution in [0.15, 0.2) is 5.16 Å². The molecule has 0 aromatic heterocycles. The van der Waals surface area contributed by atoms with Gasteiger partial charge in [0.25, 0.3) is 5.91 Å². The number of nitrogens with one attached hydrogen (secondary N) is 1. The molecule has 1 N–H and O–H groups in total. The van der Waals surface area contributed by atoms with Crippen molar-refractivity contribution in [2.24, 2.45) is 5.16 Å². The number of oxime groups is 1. The third-order valence-corrected chi connectivity index (χ3v) is 3.91. The molecule has 3 aliphatic heterocycles. The summed E-state index contributed by atoms with van der Waals surface area (Å²) in [5.74, 6) is 0.0879. The van der Waals surface area contributed by atoms with Crippen molar-refractivity contribution >= 4 is 11.6 Å². The van der Waals surface area contributed by atoms with Crippen molar-refractivity contribution in [1.82, 2.24) is 10.2 Å². The van der Waals surface area contributed by atoms with E-state index >= 15 is 0 Å². The number of amides is 1. The van der Waals surface area contributed by atoms with Crippen LogP contribution in [0.3, 0.4) is 0 Å². The van der Waals surface area contributed by atoms with Crippen LogP contribution in [-0.4, -0.2) is 48.3 Å². The molecule has 1 atom stereocenters. The summed E-state index contributed by atoms with van der Waals surface area (Å²) in [4.78, 5) is 19.6. The summed E-state index contributed by atoms with van der Waals surface area (Å²) in [5, 5.41) is 7.37. The van der Waals surface area contributed by atoms with E-state index in [1.165, 1.54) is 0 Å². The van der Waals surface area contributed by atoms with Crippen molar-refractivity contribution < 1.29 is 9.63 Å². The summed E-state index contributed by atoms with van der Waals surface area (Å²) in [5.41, 5.74) is 0.388. The third kappa shape index (κ3) is 2.04. The van der Waals surface area contributed by atoms with Gasteiger partial charge in [-0.2, -0.15) is 0 Å². The number of hydrogen-bond acceptors (Lipinski definition) is 4. The molecule has 3 rings (SSSR count). The summed E-state index contributed by atoms with van der Waals surface area (Å²) in [7, 11) is 0. The summed E-state index contributed by atoms with van der Waals surface area (Å²) in [6.45, 7) is 3.61. The minimum atomic E-state index is -0.233. The molecule has 17 heavy (non-hydrogen) atoms. The van der Waals surface area contributed by atoms with E-state index in [1.54, 1.807) is 0 Å². The molecule has 5 nitrogen and oxygen atoms in total. The highest BCUT2D eigenvalue weighted by molar-refractivity contribution is 6.39. The second-order valence-corrected chi connectivity index (χ2v) is 5.27. The number of hydrogen-bond donors (Lipinski definition) is 1. The van der Waals surface area contributed by atoms with E-state index in [0.717, 1.165) is 51.9 Å². The van der Waals surface area contributed by atoms with Crippen LogP contribution in [0.4, 0.5) is 0 Å². The van der Waals surface area contributed by atoms with E-state index in [1.807, 2.05) is 4.90 Å². The van der Waals surface area contributed by atoms with Crippen molar-refractivity contribution in [1.29, 1.82) is 0 Å². The first-order chi connectivity index (χ1) is 8.29. The van der Waals surface area contributed by atoms with E-state index in [0.29, 0.717) is 12.1 Å². The van der Waals surface area contributed by atoms with Gasteiger partial charge in [-0.25, -0.2) is 0 Å². The molecule has 1 spiro atoms. The predicted octanol–water partition coefficient (Wildman–Crippen LogP) is 0.507. The molecular formula is C12H19N3O2. The van der Waals surface area contributed by atoms with E-state index in [9.17, 15) is 4.79 Å². The zero-order chi connectivity index (χ0) is 11.7. The lowest BCUT2D eigenvalue weighted by atomic mass is 9.89. The topological polar surface area (TPSA) is 53.9 Å². The number of piperidine rings is 1. The summed E-state index contributed by atoms with van der Waals surface area (Å²) in [6.07, 6.45) is 5.01. The lowest BCUT2D eigenvalue weighted by Gasteiger charge is -2.31. The molecule has 0 aromatic carbocycles. The standard InChI is InChI=1S/C12H19N3O2/c16-11(15-6-1-2-7-15)10-8-12(17-14-10)4-3-5-13-9-12/h13H,1-9H2/t12-/m0/s1. The van der Waals surface area contributed by atoms with E-state index < -0.39 is 0 Å². The fraction of sp³-hybridized carbons (Fsp3) is 0.833. The highest BCUT2D eigenvalue weighted by Gasteiger charge is 2.43. The minimum absolute atomic E-state index is 0.0879. The number of nitrogens with zero attached hydrogens (tertiary/aromatic N) is 2. The van der Waals surface area contributed by atoms with Crippen molar-refractivity contribution in [2.75, 3.05) is 26.2 Å². The molecule has 3 heterocycles. The predicted molar refractivity (Wildman–Crippen MR) is 63.8 cm³/mol. The van der Waals surface area contributed by atoms with E-state index in [2.05, 4.69) is 10.5 Å². The Labute approximate surface area is 101 Å². The Morgan fingerprint density at radius 2 is 2.18 bits per heavy atom. The van der Waals surface area contributed by atoms with Crippen LogP contribution in [0.5, 0.6) is 0 Å². The molecule has 0 radical (unpaired) electrons. The van der Waals surface area contributed by atoms with Gasteiger partial charge in [0.1, 0.15) is 5.71 Å². The van der Waals surface area contributed by atoms with Gasteiger partial charge in [-0.3, -0.25) is 4.79 Å². The normalized spacial score (nSPS) is 32.7. The lowest BCUT2D eigenvalue weighted by molar-refractivity contribution is -0.123. The van der Waals surface area contributed by atoms with E-state index in [4.69, 9.17) is 4.84 Å². The molecule has 1 amide bonds. The Balaban J connectivity index is 1.64. The third-order valence-electron chi connectivity index (χ3n) is 3.91. The minimum Gasteiger partial charge on any atom is -0.387 e. The molecular weight excluding hydrogens is 218 g/mol. The van der Waals surface area contributed by atoms with Crippen molar-refractivity contribution in [3.8, 4) is 0 Å². The first-order valence-corrected chi connectivity index (χ1v) is 6.54. The smallest absolute Gasteiger partial charge is 0.271 e. The molecule has 2 saturated heterocycles. The summed E-state index contributed by atoms with van der Waals surface area (Å²) < 4.78 is 0. The molecule has 0 unspecified atom stereocenters. The van der Waals surface area contributed by atoms with Gasteiger partial charge in [0.2, 0.25) is 0 Å². The second kappa shape index (κ2) is 4.29. The number of rotatable bonds is 1. The van der Waals surface area contributed by atoms with Gasteiger partial charge in [-0.1, -0.05) is 5.16 Å². The Kier molecular flexibility index (Phi) is 2.78. The Hall–Kier alpha value is -1.10. The molecule has 0 aliphatic carbocycles. The molecule has 94 valence electrons. The maximum absolute atomic E-state index is 12.2. The highest BCUT2D eigenvalue weighted by Crippen LogP contribution is 2.31. The van der Waals surface area contributed by atoms with Crippen LogP contribution >= 0.6 is 0 Å². The molecule has 3 aliphatic rings. The first kappa shape index (κ1) is 11.0. The fourth-order valence-electron chi connectivity index (χ4n) is 2.91. The van der Waals surface area contributed by atoms with Crippen molar-refractivity contribution in [2.45, 2.75) is 37.7 Å². The van der Waals surface area contributed by atoms with Crippen LogP contribution < -0.4 is 5.32 Å². The largest absolute Gasteiger partial charge is 0.387 e. The van der Waals surface area contributed by atoms with Gasteiger partial charge in [0, 0.05) is 26.1 Å². The number of carbonyl (C=O) groups excluding carboxylic acids is 1. The first-order valence-electron chi connectivity index (χ1n) is 6.54. The number of likely N-dealkylation sites (tertiary alicyclic amines) is 1. The quantitative estimate of drug-likeness (QED) is 0.723. The molecule has 0 aromatic rings. The SMILES string of the molecule is O=C(C1=NO[C@@]2(CCCNC2)C1)N1CCCC1. The molecule has 0 bridgehead atoms. The van der Waals surface area contributed by atoms with Crippen LogP contribution in [0, 0.1) is 0 Å². The van der Waals surface area contributed by atoms with Gasteiger partial charge in [-0.05, 0) is 32.2 Å². The van der Waals surface area contributed by atoms with Crippen LogP contribution in [-0.2, 0) is 9.63 Å². The maximum atomic E-state index is 12.2. The van der Waals surface area contributed by atoms with Gasteiger partial charge < -0.3 is 15.1 Å². The van der Waals surface area contributed by atoms with Gasteiger partial charge in [0.05, 0.1) is 0 Å². The van der Waals surface area contributed by atoms with Crippen LogP contribution in [0.1, 0.15) is 32.1 Å². The summed E-state index contributed by atoms with van der Waals surface area (Å²) >= 11 is 0. The zero-order valence-electron chi connectivity index (χ0n) is 10.1. The zero-order valence-corrected chi connectivity index (χ0v) is 10.1. The Bertz CT molecular complexity index is 342. The Morgan fingerprint density at radius 1 is 1.35 bits per heavy atom. The second-order valence-electron chi connectivity index (χ2n) is 5.27. The van der Waals surface area contributed by atoms with Crippen molar-refractivity contribution in [3.63, 3.8) is 0 Å². The van der Waals surface area contributed by atoms with Crippen molar-refractivity contribution in [3.05, 3.63) is 0 Å². The average Bonchev–Trinajstić information content (AvgIpc) is 2.99. The Morgan fingerprint density at radius 3 is 2.88 bits per heavy atom. The van der Waals surface area contributed by atoms with Crippen LogP contribution in [0.2, 0.25) is 0 Å². The van der Waals surface area contributed by atoms with Gasteiger partial charge in [-0.15, -0.1) is 0 Å². The average molecular weight is 237 g/mol. The van der Waals surface area contributed by atoms with Crippen LogP contribution in [0.25, 0.3) is 0 Å². The monoisotopic (exact) mass is 237 g/mol.